The summed E-state index contributed by atoms with van der Waals surface area (Å²) < 4.78 is 37.2. The van der Waals surface area contributed by atoms with Crippen LogP contribution in [0.2, 0.25) is 0 Å². The van der Waals surface area contributed by atoms with Crippen LogP contribution >= 0.6 is 31.9 Å². The van der Waals surface area contributed by atoms with E-state index in [1.165, 1.54) is 62.8 Å². The lowest BCUT2D eigenvalue weighted by Crippen LogP contribution is -1.93. The highest BCUT2D eigenvalue weighted by Gasteiger charge is 2.00. The van der Waals surface area contributed by atoms with Gasteiger partial charge in [0.25, 0.3) is 0 Å². The van der Waals surface area contributed by atoms with Gasteiger partial charge in [-0.15, -0.1) is 0 Å². The molecule has 4 rings (SSSR count). The number of nitrogens with two attached hydrogens (primary N) is 1. The maximum Gasteiger partial charge on any atom is 0.330 e. The third-order valence-corrected chi connectivity index (χ3v) is 6.37. The fourth-order valence-corrected chi connectivity index (χ4v) is 3.73. The number of carbonyl (C=O) groups excluding carboxylic acids is 3. The molecule has 0 unspecified atom stereocenters. The van der Waals surface area contributed by atoms with Gasteiger partial charge in [-0.05, 0) is 89.5 Å². The Kier molecular flexibility index (Phi) is 15.8. The number of ether oxygens (including phenoxy) is 2. The predicted molar refractivity (Wildman–Crippen MR) is 180 cm³/mol. The second-order valence-corrected chi connectivity index (χ2v) is 10.6. The number of rotatable bonds is 7. The van der Waals surface area contributed by atoms with E-state index in [2.05, 4.69) is 46.3 Å². The lowest BCUT2D eigenvalue weighted by atomic mass is 10.2. The lowest BCUT2D eigenvalue weighted by Gasteiger charge is -1.99. The van der Waals surface area contributed by atoms with Crippen LogP contribution in [0.3, 0.4) is 0 Å². The van der Waals surface area contributed by atoms with Gasteiger partial charge >= 0.3 is 11.9 Å². The van der Waals surface area contributed by atoms with E-state index >= 15 is 0 Å². The Morgan fingerprint density at radius 3 is 1.62 bits per heavy atom. The third-order valence-electron chi connectivity index (χ3n) is 5.31. The highest BCUT2D eigenvalue weighted by molar-refractivity contribution is 9.10. The minimum absolute atomic E-state index is 0.314. The number of carbonyl (C=O) groups is 3. The highest BCUT2D eigenvalue weighted by Crippen LogP contribution is 2.19. The fourth-order valence-electron chi connectivity index (χ4n) is 3.20. The molecule has 0 aliphatic carbocycles. The van der Waals surface area contributed by atoms with Gasteiger partial charge in [-0.3, -0.25) is 9.79 Å². The molecule has 0 saturated heterocycles. The van der Waals surface area contributed by atoms with Crippen molar-refractivity contribution < 1.29 is 32.6 Å². The molecule has 232 valence electrons. The number of hydrogen-bond acceptors (Lipinski definition) is 7. The van der Waals surface area contributed by atoms with Gasteiger partial charge in [0.1, 0.15) is 17.9 Å². The molecule has 0 amide bonds. The molecule has 0 radical (unpaired) electrons. The minimum Gasteiger partial charge on any atom is -0.466 e. The highest BCUT2D eigenvalue weighted by atomic mass is 79.9. The molecule has 0 aromatic heterocycles. The molecule has 11 heteroatoms. The zero-order chi connectivity index (χ0) is 33.2. The van der Waals surface area contributed by atoms with E-state index in [0.29, 0.717) is 28.1 Å². The number of esters is 2. The van der Waals surface area contributed by atoms with E-state index in [9.17, 15) is 23.2 Å². The SMILES string of the molecule is COC(=O)/C=C/c1cc(F)cc(N=Cc2ccc(Br)cc2)c1.COC(=O)/C=C/c1cc(N)cc(F)c1.O=Cc1ccc(Br)cc1. The van der Waals surface area contributed by atoms with Crippen LogP contribution in [0.4, 0.5) is 20.2 Å². The molecular weight excluding hydrogens is 714 g/mol. The summed E-state index contributed by atoms with van der Waals surface area (Å²) in [5.41, 5.74) is 8.85. The Hall–Kier alpha value is -4.74. The van der Waals surface area contributed by atoms with E-state index in [-0.39, 0.29) is 0 Å². The van der Waals surface area contributed by atoms with Crippen LogP contribution in [0.5, 0.6) is 0 Å². The number of benzene rings is 4. The number of anilines is 1. The largest absolute Gasteiger partial charge is 0.466 e. The zero-order valence-corrected chi connectivity index (χ0v) is 27.3. The van der Waals surface area contributed by atoms with Crippen molar-refractivity contribution in [2.24, 2.45) is 4.99 Å². The molecule has 2 N–H and O–H groups in total. The average Bonchev–Trinajstić information content (AvgIpc) is 3.02. The van der Waals surface area contributed by atoms with Crippen LogP contribution in [0.1, 0.15) is 27.0 Å². The van der Waals surface area contributed by atoms with Crippen molar-refractivity contribution in [3.8, 4) is 0 Å². The Labute approximate surface area is 276 Å². The predicted octanol–water partition coefficient (Wildman–Crippen LogP) is 8.38. The average molecular weight is 742 g/mol. The van der Waals surface area contributed by atoms with Gasteiger partial charge in [0, 0.05) is 38.6 Å². The summed E-state index contributed by atoms with van der Waals surface area (Å²) in [6, 6.07) is 23.1. The first-order chi connectivity index (χ1) is 21.5. The number of nitrogen functional groups attached to an aromatic ring is 1. The Bertz CT molecular complexity index is 1650. The summed E-state index contributed by atoms with van der Waals surface area (Å²) in [6.07, 6.45) is 7.82. The van der Waals surface area contributed by atoms with E-state index in [0.717, 1.165) is 20.8 Å². The van der Waals surface area contributed by atoms with Crippen LogP contribution in [-0.2, 0) is 19.1 Å². The van der Waals surface area contributed by atoms with Crippen LogP contribution < -0.4 is 5.73 Å². The zero-order valence-electron chi connectivity index (χ0n) is 24.1. The Balaban J connectivity index is 0.000000261. The molecule has 0 heterocycles. The fraction of sp³-hybridized carbons (Fsp3) is 0.0588. The normalized spacial score (nSPS) is 10.5. The molecule has 4 aromatic rings. The molecule has 0 aliphatic heterocycles. The number of nitrogens with zero attached hydrogens (tertiary/aromatic N) is 1. The lowest BCUT2D eigenvalue weighted by molar-refractivity contribution is -0.135. The molecule has 0 bridgehead atoms. The number of methoxy groups -OCH3 is 2. The summed E-state index contributed by atoms with van der Waals surface area (Å²) in [7, 11) is 2.55. The first-order valence-corrected chi connectivity index (χ1v) is 14.5. The van der Waals surface area contributed by atoms with Crippen LogP contribution in [0.25, 0.3) is 12.2 Å². The van der Waals surface area contributed by atoms with Crippen LogP contribution in [0.15, 0.2) is 111 Å². The minimum atomic E-state index is -0.496. The summed E-state index contributed by atoms with van der Waals surface area (Å²) >= 11 is 6.61. The van der Waals surface area contributed by atoms with Crippen molar-refractivity contribution in [2.45, 2.75) is 0 Å². The second kappa shape index (κ2) is 19.5. The molecule has 45 heavy (non-hydrogen) atoms. The van der Waals surface area contributed by atoms with Gasteiger partial charge in [-0.1, -0.05) is 56.1 Å². The summed E-state index contributed by atoms with van der Waals surface area (Å²) in [5, 5.41) is 0. The second-order valence-electron chi connectivity index (χ2n) is 8.75. The third kappa shape index (κ3) is 15.0. The van der Waals surface area contributed by atoms with E-state index in [1.54, 1.807) is 30.5 Å². The van der Waals surface area contributed by atoms with Crippen molar-refractivity contribution in [1.82, 2.24) is 0 Å². The quantitative estimate of drug-likeness (QED) is 0.0671. The van der Waals surface area contributed by atoms with E-state index < -0.39 is 23.6 Å². The monoisotopic (exact) mass is 740 g/mol. The van der Waals surface area contributed by atoms with E-state index in [1.807, 2.05) is 36.4 Å². The summed E-state index contributed by atoms with van der Waals surface area (Å²) in [4.78, 5) is 36.1. The van der Waals surface area contributed by atoms with Gasteiger partial charge in [-0.2, -0.15) is 0 Å². The summed E-state index contributed by atoms with van der Waals surface area (Å²) in [5.74, 6) is -1.85. The maximum absolute atomic E-state index is 13.6. The molecular formula is C34H28Br2F2N2O5. The van der Waals surface area contributed by atoms with Crippen molar-refractivity contribution >= 4 is 79.8 Å². The smallest absolute Gasteiger partial charge is 0.330 e. The van der Waals surface area contributed by atoms with Gasteiger partial charge in [-0.25, -0.2) is 18.4 Å². The molecule has 0 spiro atoms. The van der Waals surface area contributed by atoms with Crippen molar-refractivity contribution in [3.63, 3.8) is 0 Å². The summed E-state index contributed by atoms with van der Waals surface area (Å²) in [6.45, 7) is 0. The van der Waals surface area contributed by atoms with Crippen LogP contribution in [-0.4, -0.2) is 38.7 Å². The maximum atomic E-state index is 13.6. The van der Waals surface area contributed by atoms with E-state index in [4.69, 9.17) is 5.73 Å². The Morgan fingerprint density at radius 2 is 1.16 bits per heavy atom. The number of hydrogen-bond donors (Lipinski definition) is 1. The first-order valence-electron chi connectivity index (χ1n) is 12.9. The molecule has 7 nitrogen and oxygen atoms in total. The van der Waals surface area contributed by atoms with Gasteiger partial charge in [0.05, 0.1) is 19.9 Å². The number of halogens is 4. The van der Waals surface area contributed by atoms with Crippen molar-refractivity contribution in [1.29, 1.82) is 0 Å². The topological polar surface area (TPSA) is 108 Å². The van der Waals surface area contributed by atoms with Crippen molar-refractivity contribution in [3.05, 3.63) is 140 Å². The van der Waals surface area contributed by atoms with Gasteiger partial charge in [0.2, 0.25) is 0 Å². The number of aldehydes is 1. The molecule has 0 atom stereocenters. The van der Waals surface area contributed by atoms with Crippen molar-refractivity contribution in [2.75, 3.05) is 20.0 Å². The number of aliphatic imine (C=N–C) groups is 1. The molecule has 4 aromatic carbocycles. The standard InChI is InChI=1S/C17H13BrFNO2.C10H10FNO2.C7H5BrO/c1-22-17(21)7-4-13-8-15(19)10-16(9-13)20-11-12-2-5-14(18)6-3-12;1-14-10(13)3-2-7-4-8(11)6-9(12)5-7;8-7-3-1-6(5-9)2-4-7/h2-11H,1H3;2-6H,12H2,1H3;1-5H/b7-4+,20-11?;3-2+;. The molecule has 0 fully saturated rings. The Morgan fingerprint density at radius 1 is 0.689 bits per heavy atom. The van der Waals surface area contributed by atoms with Gasteiger partial charge in [0.15, 0.2) is 0 Å². The van der Waals surface area contributed by atoms with Crippen LogP contribution in [0, 0.1) is 11.6 Å². The molecule has 0 aliphatic rings. The van der Waals surface area contributed by atoms with Gasteiger partial charge < -0.3 is 15.2 Å². The first kappa shape index (κ1) is 36.5. The molecule has 0 saturated carbocycles.